The molecule has 0 saturated heterocycles. The summed E-state index contributed by atoms with van der Waals surface area (Å²) in [5, 5.41) is 2.88. The molecule has 0 spiro atoms. The SMILES string of the molecule is O=C(NCc1ccccc1)c1coc(CN(Cc2ccccc2)Cc2ccc3c(c2)OCO3)n1. The van der Waals surface area contributed by atoms with E-state index in [-0.39, 0.29) is 18.4 Å². The smallest absolute Gasteiger partial charge is 0.273 e. The van der Waals surface area contributed by atoms with Gasteiger partial charge in [-0.05, 0) is 28.8 Å². The topological polar surface area (TPSA) is 76.8 Å². The molecular formula is C27H25N3O4. The number of ether oxygens (including phenoxy) is 2. The van der Waals surface area contributed by atoms with Crippen molar-refractivity contribution in [2.45, 2.75) is 26.2 Å². The summed E-state index contributed by atoms with van der Waals surface area (Å²) < 4.78 is 16.6. The van der Waals surface area contributed by atoms with Crippen LogP contribution in [0.5, 0.6) is 11.5 Å². The highest BCUT2D eigenvalue weighted by atomic mass is 16.7. The van der Waals surface area contributed by atoms with Gasteiger partial charge in [-0.1, -0.05) is 66.7 Å². The fourth-order valence-corrected chi connectivity index (χ4v) is 3.85. The Labute approximate surface area is 197 Å². The monoisotopic (exact) mass is 455 g/mol. The van der Waals surface area contributed by atoms with Gasteiger partial charge in [0.25, 0.3) is 5.91 Å². The van der Waals surface area contributed by atoms with Crippen molar-refractivity contribution < 1.29 is 18.7 Å². The zero-order valence-electron chi connectivity index (χ0n) is 18.6. The lowest BCUT2D eigenvalue weighted by atomic mass is 10.1. The van der Waals surface area contributed by atoms with E-state index in [2.05, 4.69) is 27.3 Å². The maximum Gasteiger partial charge on any atom is 0.273 e. The first-order chi connectivity index (χ1) is 16.7. The molecule has 0 atom stereocenters. The van der Waals surface area contributed by atoms with E-state index in [1.165, 1.54) is 11.8 Å². The third kappa shape index (κ3) is 5.44. The fraction of sp³-hybridized carbons (Fsp3) is 0.185. The van der Waals surface area contributed by atoms with Crippen molar-refractivity contribution in [1.82, 2.24) is 15.2 Å². The van der Waals surface area contributed by atoms with Gasteiger partial charge in [0.2, 0.25) is 12.7 Å². The Bertz CT molecular complexity index is 1240. The number of hydrogen-bond donors (Lipinski definition) is 1. The molecule has 7 nitrogen and oxygen atoms in total. The van der Waals surface area contributed by atoms with Crippen LogP contribution in [-0.4, -0.2) is 22.6 Å². The van der Waals surface area contributed by atoms with E-state index in [0.717, 1.165) is 22.6 Å². The van der Waals surface area contributed by atoms with Crippen LogP contribution in [0.2, 0.25) is 0 Å². The zero-order chi connectivity index (χ0) is 23.2. The van der Waals surface area contributed by atoms with E-state index in [1.54, 1.807) is 0 Å². The number of aromatic nitrogens is 1. The first kappa shape index (κ1) is 21.7. The average Bonchev–Trinajstić information content (AvgIpc) is 3.53. The van der Waals surface area contributed by atoms with Gasteiger partial charge < -0.3 is 19.2 Å². The third-order valence-electron chi connectivity index (χ3n) is 5.53. The highest BCUT2D eigenvalue weighted by Crippen LogP contribution is 2.33. The number of rotatable bonds is 9. The van der Waals surface area contributed by atoms with Crippen molar-refractivity contribution in [2.75, 3.05) is 6.79 Å². The first-order valence-corrected chi connectivity index (χ1v) is 11.1. The summed E-state index contributed by atoms with van der Waals surface area (Å²) in [5.74, 6) is 1.74. The van der Waals surface area contributed by atoms with Crippen LogP contribution in [0.4, 0.5) is 0 Å². The standard InChI is InChI=1S/C27H25N3O4/c31-27(28-14-20-7-3-1-4-8-20)23-18-32-26(29-23)17-30(15-21-9-5-2-6-10-21)16-22-11-12-24-25(13-22)34-19-33-24/h1-13,18H,14-17,19H2,(H,28,31). The minimum atomic E-state index is -0.260. The van der Waals surface area contributed by atoms with Gasteiger partial charge in [0.1, 0.15) is 6.26 Å². The van der Waals surface area contributed by atoms with Crippen LogP contribution in [0, 0.1) is 0 Å². The number of fused-ring (bicyclic) bond motifs is 1. The number of amides is 1. The number of hydrogen-bond acceptors (Lipinski definition) is 6. The van der Waals surface area contributed by atoms with Crippen molar-refractivity contribution in [3.63, 3.8) is 0 Å². The molecular weight excluding hydrogens is 430 g/mol. The minimum absolute atomic E-state index is 0.248. The van der Waals surface area contributed by atoms with Gasteiger partial charge in [-0.3, -0.25) is 9.69 Å². The molecule has 0 unspecified atom stereocenters. The number of carbonyl (C=O) groups excluding carboxylic acids is 1. The molecule has 1 aromatic heterocycles. The van der Waals surface area contributed by atoms with Crippen LogP contribution in [0.25, 0.3) is 0 Å². The molecule has 4 aromatic rings. The maximum absolute atomic E-state index is 12.5. The molecule has 1 aliphatic heterocycles. The van der Waals surface area contributed by atoms with Gasteiger partial charge in [0, 0.05) is 19.6 Å². The molecule has 1 amide bonds. The van der Waals surface area contributed by atoms with E-state index in [9.17, 15) is 4.79 Å². The van der Waals surface area contributed by atoms with Crippen molar-refractivity contribution in [3.8, 4) is 11.5 Å². The van der Waals surface area contributed by atoms with Crippen LogP contribution in [0.1, 0.15) is 33.1 Å². The van der Waals surface area contributed by atoms with E-state index in [1.807, 2.05) is 66.7 Å². The molecule has 0 saturated carbocycles. The maximum atomic E-state index is 12.5. The van der Waals surface area contributed by atoms with Gasteiger partial charge in [-0.25, -0.2) is 4.98 Å². The summed E-state index contributed by atoms with van der Waals surface area (Å²) in [4.78, 5) is 19.2. The number of nitrogens with one attached hydrogen (secondary N) is 1. The van der Waals surface area contributed by atoms with Crippen molar-refractivity contribution >= 4 is 5.91 Å². The van der Waals surface area contributed by atoms with E-state index < -0.39 is 0 Å². The van der Waals surface area contributed by atoms with Crippen LogP contribution in [-0.2, 0) is 26.2 Å². The molecule has 0 bridgehead atoms. The fourth-order valence-electron chi connectivity index (χ4n) is 3.85. The third-order valence-corrected chi connectivity index (χ3v) is 5.53. The van der Waals surface area contributed by atoms with Crippen LogP contribution < -0.4 is 14.8 Å². The second-order valence-electron chi connectivity index (χ2n) is 8.11. The van der Waals surface area contributed by atoms with Gasteiger partial charge in [0.05, 0.1) is 6.54 Å². The Kier molecular flexibility index (Phi) is 6.54. The molecule has 3 aromatic carbocycles. The number of benzene rings is 3. The van der Waals surface area contributed by atoms with Crippen LogP contribution >= 0.6 is 0 Å². The average molecular weight is 456 g/mol. The molecule has 34 heavy (non-hydrogen) atoms. The lowest BCUT2D eigenvalue weighted by molar-refractivity contribution is 0.0945. The Hall–Kier alpha value is -4.10. The highest BCUT2D eigenvalue weighted by molar-refractivity contribution is 5.91. The summed E-state index contributed by atoms with van der Waals surface area (Å²) in [6.07, 6.45) is 1.41. The number of nitrogens with zero attached hydrogens (tertiary/aromatic N) is 2. The molecule has 7 heteroatoms. The summed E-state index contributed by atoms with van der Waals surface area (Å²) in [6.45, 7) is 2.50. The number of oxazole rings is 1. The van der Waals surface area contributed by atoms with Crippen molar-refractivity contribution in [2.24, 2.45) is 0 Å². The lowest BCUT2D eigenvalue weighted by Gasteiger charge is -2.21. The lowest BCUT2D eigenvalue weighted by Crippen LogP contribution is -2.24. The van der Waals surface area contributed by atoms with E-state index in [0.29, 0.717) is 32.1 Å². The largest absolute Gasteiger partial charge is 0.454 e. The predicted molar refractivity (Wildman–Crippen MR) is 126 cm³/mol. The molecule has 1 N–H and O–H groups in total. The summed E-state index contributed by atoms with van der Waals surface area (Å²) in [6, 6.07) is 25.9. The normalized spacial score (nSPS) is 12.1. The zero-order valence-corrected chi connectivity index (χ0v) is 18.6. The molecule has 0 radical (unpaired) electrons. The van der Waals surface area contributed by atoms with Gasteiger partial charge in [-0.2, -0.15) is 0 Å². The highest BCUT2D eigenvalue weighted by Gasteiger charge is 2.18. The van der Waals surface area contributed by atoms with E-state index in [4.69, 9.17) is 13.9 Å². The summed E-state index contributed by atoms with van der Waals surface area (Å²) >= 11 is 0. The van der Waals surface area contributed by atoms with E-state index >= 15 is 0 Å². The molecule has 172 valence electrons. The van der Waals surface area contributed by atoms with Crippen LogP contribution in [0.3, 0.4) is 0 Å². The molecule has 5 rings (SSSR count). The Balaban J connectivity index is 1.27. The molecule has 1 aliphatic rings. The number of carbonyl (C=O) groups is 1. The minimum Gasteiger partial charge on any atom is -0.454 e. The van der Waals surface area contributed by atoms with Gasteiger partial charge in [0.15, 0.2) is 17.2 Å². The summed E-state index contributed by atoms with van der Waals surface area (Å²) in [5.41, 5.74) is 3.56. The quantitative estimate of drug-likeness (QED) is 0.399. The Morgan fingerprint density at radius 3 is 2.32 bits per heavy atom. The first-order valence-electron chi connectivity index (χ1n) is 11.1. The Morgan fingerprint density at radius 1 is 0.824 bits per heavy atom. The van der Waals surface area contributed by atoms with Crippen molar-refractivity contribution in [3.05, 3.63) is 113 Å². The Morgan fingerprint density at radius 2 is 1.53 bits per heavy atom. The van der Waals surface area contributed by atoms with Gasteiger partial charge >= 0.3 is 0 Å². The second kappa shape index (κ2) is 10.2. The van der Waals surface area contributed by atoms with Gasteiger partial charge in [-0.15, -0.1) is 0 Å². The predicted octanol–water partition coefficient (Wildman–Crippen LogP) is 4.54. The van der Waals surface area contributed by atoms with Crippen molar-refractivity contribution in [1.29, 1.82) is 0 Å². The molecule has 0 aliphatic carbocycles. The summed E-state index contributed by atoms with van der Waals surface area (Å²) in [7, 11) is 0. The molecule has 0 fully saturated rings. The van der Waals surface area contributed by atoms with Crippen LogP contribution in [0.15, 0.2) is 89.5 Å². The molecule has 2 heterocycles. The second-order valence-corrected chi connectivity index (χ2v) is 8.11.